The van der Waals surface area contributed by atoms with Gasteiger partial charge in [0, 0.05) is 23.6 Å². The molecule has 0 saturated heterocycles. The van der Waals surface area contributed by atoms with E-state index in [-0.39, 0.29) is 55.5 Å². The molecule has 7 nitrogen and oxygen atoms in total. The average molecular weight is 517 g/mol. The van der Waals surface area contributed by atoms with E-state index < -0.39 is 24.5 Å². The number of amides is 1. The predicted molar refractivity (Wildman–Crippen MR) is 127 cm³/mol. The number of hydrogen-bond acceptors (Lipinski definition) is 6. The van der Waals surface area contributed by atoms with Gasteiger partial charge in [-0.15, -0.1) is 0 Å². The number of rotatable bonds is 8. The molecule has 1 aliphatic carbocycles. The summed E-state index contributed by atoms with van der Waals surface area (Å²) in [4.78, 5) is 41.4. The summed E-state index contributed by atoms with van der Waals surface area (Å²) < 4.78 is 0. The highest BCUT2D eigenvalue weighted by Gasteiger charge is 2.35. The highest BCUT2D eigenvalue weighted by atomic mass is 35.5. The molecule has 1 atom stereocenters. The van der Waals surface area contributed by atoms with Gasteiger partial charge in [0.15, 0.2) is 5.78 Å². The number of aliphatic imine (C=N–C) groups is 1. The van der Waals surface area contributed by atoms with E-state index >= 15 is 0 Å². The molecule has 0 radical (unpaired) electrons. The Morgan fingerprint density at radius 2 is 1.76 bits per heavy atom. The van der Waals surface area contributed by atoms with Crippen LogP contribution in [0, 0.1) is 11.3 Å². The second-order valence-corrected chi connectivity index (χ2v) is 10.5. The molecule has 1 aromatic carbocycles. The molecule has 2 rings (SSSR count). The number of carbonyl (C=O) groups excluding carboxylic acids is 3. The van der Waals surface area contributed by atoms with Crippen LogP contribution in [0.1, 0.15) is 57.3 Å². The predicted octanol–water partition coefficient (Wildman–Crippen LogP) is 4.18. The molecule has 33 heavy (non-hydrogen) atoms. The molecular weight excluding hydrogens is 491 g/mol. The van der Waals surface area contributed by atoms with E-state index in [0.29, 0.717) is 18.6 Å². The van der Waals surface area contributed by atoms with E-state index in [1.165, 1.54) is 12.1 Å². The zero-order valence-electron chi connectivity index (χ0n) is 18.8. The Bertz CT molecular complexity index is 1010. The minimum Gasteiger partial charge on any atom is -0.548 e. The molecule has 1 aromatic rings. The molecule has 0 bridgehead atoms. The fourth-order valence-electron chi connectivity index (χ4n) is 3.62. The number of aliphatic hydroxyl groups is 1. The highest BCUT2D eigenvalue weighted by molar-refractivity contribution is 6.42. The van der Waals surface area contributed by atoms with E-state index in [1.807, 2.05) is 27.7 Å². The number of nitrogens with one attached hydrogen (secondary N) is 1. The minimum atomic E-state index is -1.58. The van der Waals surface area contributed by atoms with Crippen molar-refractivity contribution in [1.82, 2.24) is 5.32 Å². The van der Waals surface area contributed by atoms with Crippen molar-refractivity contribution in [2.45, 2.75) is 53.0 Å². The van der Waals surface area contributed by atoms with Gasteiger partial charge < -0.3 is 20.3 Å². The quantitative estimate of drug-likeness (QED) is 0.502. The van der Waals surface area contributed by atoms with Crippen LogP contribution in [0.2, 0.25) is 15.1 Å². The smallest absolute Gasteiger partial charge is 0.254 e. The van der Waals surface area contributed by atoms with Crippen LogP contribution in [0.25, 0.3) is 0 Å². The third-order valence-electron chi connectivity index (χ3n) is 5.03. The van der Waals surface area contributed by atoms with Crippen LogP contribution in [0.15, 0.2) is 28.5 Å². The number of carboxylic acid groups (broad SMARTS) is 1. The van der Waals surface area contributed by atoms with Gasteiger partial charge in [-0.2, -0.15) is 0 Å². The summed E-state index contributed by atoms with van der Waals surface area (Å²) in [5, 5.41) is 24.7. The number of aliphatic hydroxyl groups excluding tert-OH is 1. The van der Waals surface area contributed by atoms with Crippen molar-refractivity contribution in [3.63, 3.8) is 0 Å². The van der Waals surface area contributed by atoms with Crippen LogP contribution in [-0.2, 0) is 9.59 Å². The molecule has 0 aromatic heterocycles. The largest absolute Gasteiger partial charge is 0.548 e. The van der Waals surface area contributed by atoms with Crippen LogP contribution in [0.3, 0.4) is 0 Å². The SMILES string of the molecule is CC(C)CC(=NCC(NC(=O)c1c(Cl)cc(Cl)cc1Cl)C(=O)[O-])C1=C(O)CC(C)(C)CC1=O. The summed E-state index contributed by atoms with van der Waals surface area (Å²) in [6.07, 6.45) is 0.880. The summed E-state index contributed by atoms with van der Waals surface area (Å²) in [7, 11) is 0. The fourth-order valence-corrected chi connectivity index (χ4v) is 4.61. The van der Waals surface area contributed by atoms with Gasteiger partial charge >= 0.3 is 0 Å². The molecule has 1 aliphatic rings. The number of carboxylic acids is 1. The molecule has 180 valence electrons. The second kappa shape index (κ2) is 10.9. The fraction of sp³-hybridized carbons (Fsp3) is 0.478. The summed E-state index contributed by atoms with van der Waals surface area (Å²) in [6.45, 7) is 7.17. The first kappa shape index (κ1) is 27.2. The number of nitrogens with zero attached hydrogens (tertiary/aromatic N) is 1. The Hall–Kier alpha value is -2.09. The van der Waals surface area contributed by atoms with Gasteiger partial charge in [0.05, 0.1) is 39.7 Å². The molecule has 2 N–H and O–H groups in total. The van der Waals surface area contributed by atoms with Gasteiger partial charge in [0.1, 0.15) is 5.76 Å². The van der Waals surface area contributed by atoms with Gasteiger partial charge in [-0.1, -0.05) is 62.5 Å². The number of aliphatic carboxylic acids is 1. The zero-order valence-corrected chi connectivity index (χ0v) is 21.1. The lowest BCUT2D eigenvalue weighted by Gasteiger charge is -2.30. The Labute approximate surface area is 207 Å². The average Bonchev–Trinajstić information content (AvgIpc) is 2.61. The summed E-state index contributed by atoms with van der Waals surface area (Å²) in [6, 6.07) is 1.09. The van der Waals surface area contributed by atoms with Crippen molar-refractivity contribution < 1.29 is 24.6 Å². The van der Waals surface area contributed by atoms with Crippen molar-refractivity contribution in [2.75, 3.05) is 6.54 Å². The third-order valence-corrected chi connectivity index (χ3v) is 5.85. The molecule has 1 amide bonds. The van der Waals surface area contributed by atoms with Crippen LogP contribution >= 0.6 is 34.8 Å². The number of ketones is 1. The van der Waals surface area contributed by atoms with Crippen molar-refractivity contribution >= 4 is 58.2 Å². The number of benzene rings is 1. The van der Waals surface area contributed by atoms with E-state index in [0.717, 1.165) is 0 Å². The van der Waals surface area contributed by atoms with Crippen molar-refractivity contribution in [3.8, 4) is 0 Å². The topological polar surface area (TPSA) is 119 Å². The normalized spacial score (nSPS) is 17.3. The molecule has 0 aliphatic heterocycles. The summed E-state index contributed by atoms with van der Waals surface area (Å²) in [5.74, 6) is -2.66. The number of Topliss-reactive ketones (excluding diaryl/α,β-unsaturated/α-hetero) is 1. The van der Waals surface area contributed by atoms with E-state index in [2.05, 4.69) is 10.3 Å². The van der Waals surface area contributed by atoms with Crippen LogP contribution in [-0.4, -0.2) is 41.1 Å². The van der Waals surface area contributed by atoms with Crippen molar-refractivity contribution in [1.29, 1.82) is 0 Å². The zero-order chi connectivity index (χ0) is 25.1. The van der Waals surface area contributed by atoms with E-state index in [4.69, 9.17) is 34.8 Å². The van der Waals surface area contributed by atoms with Crippen LogP contribution in [0.5, 0.6) is 0 Å². The number of hydrogen-bond donors (Lipinski definition) is 2. The first-order valence-electron chi connectivity index (χ1n) is 10.4. The number of halogens is 3. The summed E-state index contributed by atoms with van der Waals surface area (Å²) >= 11 is 17.9. The lowest BCUT2D eigenvalue weighted by molar-refractivity contribution is -0.307. The van der Waals surface area contributed by atoms with Gasteiger partial charge in [-0.25, -0.2) is 0 Å². The standard InChI is InChI=1S/C23H27Cl3N2O5/c1-11(2)5-15(20-17(29)8-23(3,4)9-18(20)30)27-10-16(22(32)33)28-21(31)19-13(25)6-12(24)7-14(19)26/h6-7,11,16,29H,5,8-10H2,1-4H3,(H,28,31)(H,32,33)/p-1. The van der Waals surface area contributed by atoms with Crippen molar-refractivity contribution in [2.24, 2.45) is 16.3 Å². The molecule has 0 heterocycles. The van der Waals surface area contributed by atoms with Gasteiger partial charge in [0.2, 0.25) is 0 Å². The van der Waals surface area contributed by atoms with Crippen LogP contribution < -0.4 is 10.4 Å². The molecule has 10 heteroatoms. The Kier molecular flexibility index (Phi) is 8.96. The molecular formula is C23H26Cl3N2O5-. The number of carbonyl (C=O) groups is 3. The Morgan fingerprint density at radius 1 is 1.18 bits per heavy atom. The van der Waals surface area contributed by atoms with Gasteiger partial charge in [-0.3, -0.25) is 14.6 Å². The second-order valence-electron chi connectivity index (χ2n) is 9.24. The number of allylic oxidation sites excluding steroid dienone is 2. The lowest BCUT2D eigenvalue weighted by Crippen LogP contribution is -2.50. The highest BCUT2D eigenvalue weighted by Crippen LogP contribution is 2.37. The first-order chi connectivity index (χ1) is 15.2. The maximum Gasteiger partial charge on any atom is 0.254 e. The Balaban J connectivity index is 2.34. The first-order valence-corrected chi connectivity index (χ1v) is 11.5. The maximum absolute atomic E-state index is 12.7. The summed E-state index contributed by atoms with van der Waals surface area (Å²) in [5.41, 5.74) is -0.0987. The van der Waals surface area contributed by atoms with Gasteiger partial charge in [-0.05, 0) is 29.9 Å². The molecule has 1 unspecified atom stereocenters. The minimum absolute atomic E-state index is 0.0448. The monoisotopic (exact) mass is 515 g/mol. The molecule has 0 spiro atoms. The van der Waals surface area contributed by atoms with Crippen molar-refractivity contribution in [3.05, 3.63) is 44.1 Å². The Morgan fingerprint density at radius 3 is 2.24 bits per heavy atom. The molecule has 0 saturated carbocycles. The lowest BCUT2D eigenvalue weighted by atomic mass is 9.75. The van der Waals surface area contributed by atoms with E-state index in [9.17, 15) is 24.6 Å². The van der Waals surface area contributed by atoms with Gasteiger partial charge in [0.25, 0.3) is 5.91 Å². The maximum atomic E-state index is 12.7. The molecule has 0 fully saturated rings. The van der Waals surface area contributed by atoms with Crippen LogP contribution in [0.4, 0.5) is 0 Å². The van der Waals surface area contributed by atoms with E-state index in [1.54, 1.807) is 0 Å². The third kappa shape index (κ3) is 7.19.